The van der Waals surface area contributed by atoms with Gasteiger partial charge in [-0.05, 0) is 31.6 Å². The Hall–Kier alpha value is -1.17. The van der Waals surface area contributed by atoms with Crippen LogP contribution >= 0.6 is 11.5 Å². The molecule has 0 atom stereocenters. The van der Waals surface area contributed by atoms with Gasteiger partial charge in [-0.2, -0.15) is 4.37 Å². The second kappa shape index (κ2) is 5.25. The molecule has 1 heterocycles. The largest absolute Gasteiger partial charge is 0.481 e. The van der Waals surface area contributed by atoms with Gasteiger partial charge in [0.05, 0.1) is 5.92 Å². The summed E-state index contributed by atoms with van der Waals surface area (Å²) in [6.07, 6.45) is 5.12. The number of nitrogens with zero attached hydrogens (tertiary/aromatic N) is 2. The number of anilines is 1. The first kappa shape index (κ1) is 11.3. The Bertz CT molecular complexity index is 334. The monoisotopic (exact) mass is 241 g/mol. The minimum absolute atomic E-state index is 0.127. The standard InChI is InChI=1S/C10H15N3O2S/c14-9(15)8-3-1-7(2-4-8)5-11-10-12-6-13-16-10/h6-8H,1-5H2,(H,14,15)(H,11,12,13). The van der Waals surface area contributed by atoms with Crippen LogP contribution in [0, 0.1) is 11.8 Å². The average Bonchev–Trinajstić information content (AvgIpc) is 2.80. The molecule has 2 N–H and O–H groups in total. The summed E-state index contributed by atoms with van der Waals surface area (Å²) in [7, 11) is 0. The van der Waals surface area contributed by atoms with Crippen molar-refractivity contribution in [2.45, 2.75) is 25.7 Å². The molecular weight excluding hydrogens is 226 g/mol. The van der Waals surface area contributed by atoms with Crippen molar-refractivity contribution in [3.63, 3.8) is 0 Å². The maximum Gasteiger partial charge on any atom is 0.306 e. The van der Waals surface area contributed by atoms with Crippen LogP contribution in [0.5, 0.6) is 0 Å². The number of rotatable bonds is 4. The van der Waals surface area contributed by atoms with E-state index in [1.54, 1.807) is 0 Å². The average molecular weight is 241 g/mol. The molecule has 1 saturated carbocycles. The van der Waals surface area contributed by atoms with Gasteiger partial charge >= 0.3 is 5.97 Å². The lowest BCUT2D eigenvalue weighted by Crippen LogP contribution is -2.25. The van der Waals surface area contributed by atoms with Gasteiger partial charge in [-0.15, -0.1) is 0 Å². The van der Waals surface area contributed by atoms with Crippen LogP contribution in [0.15, 0.2) is 6.33 Å². The normalized spacial score (nSPS) is 25.2. The van der Waals surface area contributed by atoms with Crippen LogP contribution in [0.1, 0.15) is 25.7 Å². The van der Waals surface area contributed by atoms with Gasteiger partial charge in [-0.1, -0.05) is 0 Å². The molecule has 0 spiro atoms. The van der Waals surface area contributed by atoms with Crippen molar-refractivity contribution in [2.75, 3.05) is 11.9 Å². The fourth-order valence-electron chi connectivity index (χ4n) is 2.10. The van der Waals surface area contributed by atoms with E-state index in [1.165, 1.54) is 17.9 Å². The molecule has 1 aliphatic carbocycles. The molecule has 1 aromatic rings. The SMILES string of the molecule is O=C(O)C1CCC(CNc2ncns2)CC1. The van der Waals surface area contributed by atoms with Crippen LogP contribution < -0.4 is 5.32 Å². The van der Waals surface area contributed by atoms with Crippen molar-refractivity contribution < 1.29 is 9.90 Å². The van der Waals surface area contributed by atoms with Crippen molar-refractivity contribution in [3.05, 3.63) is 6.33 Å². The molecular formula is C10H15N3O2S. The van der Waals surface area contributed by atoms with E-state index in [0.717, 1.165) is 37.4 Å². The fourth-order valence-corrected chi connectivity index (χ4v) is 2.53. The number of nitrogens with one attached hydrogen (secondary N) is 1. The summed E-state index contributed by atoms with van der Waals surface area (Å²) in [5, 5.41) is 13.0. The minimum atomic E-state index is -0.643. The first-order valence-electron chi connectivity index (χ1n) is 5.49. The lowest BCUT2D eigenvalue weighted by Gasteiger charge is -2.25. The molecule has 6 heteroatoms. The Balaban J connectivity index is 1.71. The van der Waals surface area contributed by atoms with E-state index in [2.05, 4.69) is 14.7 Å². The Kier molecular flexibility index (Phi) is 3.71. The molecule has 88 valence electrons. The maximum absolute atomic E-state index is 10.8. The molecule has 0 bridgehead atoms. The quantitative estimate of drug-likeness (QED) is 0.841. The zero-order valence-corrected chi connectivity index (χ0v) is 9.74. The summed E-state index contributed by atoms with van der Waals surface area (Å²) < 4.78 is 3.91. The summed E-state index contributed by atoms with van der Waals surface area (Å²) in [5.41, 5.74) is 0. The number of aromatic nitrogens is 2. The minimum Gasteiger partial charge on any atom is -0.481 e. The molecule has 0 aliphatic heterocycles. The predicted octanol–water partition coefficient (Wildman–Crippen LogP) is 1.84. The number of carboxylic acids is 1. The van der Waals surface area contributed by atoms with E-state index in [1.807, 2.05) is 0 Å². The lowest BCUT2D eigenvalue weighted by atomic mass is 9.82. The second-order valence-corrected chi connectivity index (χ2v) is 4.96. The molecule has 0 radical (unpaired) electrons. The van der Waals surface area contributed by atoms with Crippen molar-refractivity contribution >= 4 is 22.6 Å². The third-order valence-electron chi connectivity index (χ3n) is 3.10. The third kappa shape index (κ3) is 2.91. The van der Waals surface area contributed by atoms with Gasteiger partial charge in [0.1, 0.15) is 6.33 Å². The molecule has 0 unspecified atom stereocenters. The molecule has 0 amide bonds. The van der Waals surface area contributed by atoms with E-state index in [-0.39, 0.29) is 5.92 Å². The van der Waals surface area contributed by atoms with Gasteiger partial charge in [0.15, 0.2) is 0 Å². The van der Waals surface area contributed by atoms with E-state index in [0.29, 0.717) is 5.92 Å². The van der Waals surface area contributed by atoms with Crippen molar-refractivity contribution in [2.24, 2.45) is 11.8 Å². The van der Waals surface area contributed by atoms with Gasteiger partial charge in [0.25, 0.3) is 0 Å². The molecule has 1 aromatic heterocycles. The zero-order valence-electron chi connectivity index (χ0n) is 8.93. The summed E-state index contributed by atoms with van der Waals surface area (Å²) >= 11 is 1.35. The molecule has 2 rings (SSSR count). The van der Waals surface area contributed by atoms with Gasteiger partial charge < -0.3 is 10.4 Å². The van der Waals surface area contributed by atoms with E-state index in [4.69, 9.17) is 5.11 Å². The van der Waals surface area contributed by atoms with Crippen LogP contribution in [-0.4, -0.2) is 27.0 Å². The number of carboxylic acid groups (broad SMARTS) is 1. The molecule has 0 aromatic carbocycles. The maximum atomic E-state index is 10.8. The van der Waals surface area contributed by atoms with Gasteiger partial charge in [0, 0.05) is 18.1 Å². The van der Waals surface area contributed by atoms with Crippen LogP contribution in [0.25, 0.3) is 0 Å². The Morgan fingerprint density at radius 3 is 2.81 bits per heavy atom. The van der Waals surface area contributed by atoms with Crippen LogP contribution in [0.4, 0.5) is 5.13 Å². The molecule has 1 aliphatic rings. The van der Waals surface area contributed by atoms with Gasteiger partial charge in [0.2, 0.25) is 5.13 Å². The first-order chi connectivity index (χ1) is 7.75. The highest BCUT2D eigenvalue weighted by Crippen LogP contribution is 2.29. The first-order valence-corrected chi connectivity index (χ1v) is 6.26. The number of carbonyl (C=O) groups is 1. The smallest absolute Gasteiger partial charge is 0.306 e. The highest BCUT2D eigenvalue weighted by molar-refractivity contribution is 7.09. The molecule has 16 heavy (non-hydrogen) atoms. The molecule has 0 saturated heterocycles. The fraction of sp³-hybridized carbons (Fsp3) is 0.700. The van der Waals surface area contributed by atoms with Crippen molar-refractivity contribution in [3.8, 4) is 0 Å². The van der Waals surface area contributed by atoms with Crippen LogP contribution in [0.3, 0.4) is 0 Å². The number of hydrogen-bond donors (Lipinski definition) is 2. The van der Waals surface area contributed by atoms with Gasteiger partial charge in [-0.3, -0.25) is 4.79 Å². The van der Waals surface area contributed by atoms with Crippen LogP contribution in [0.2, 0.25) is 0 Å². The highest BCUT2D eigenvalue weighted by Gasteiger charge is 2.25. The number of hydrogen-bond acceptors (Lipinski definition) is 5. The van der Waals surface area contributed by atoms with E-state index in [9.17, 15) is 4.79 Å². The second-order valence-electron chi connectivity index (χ2n) is 4.18. The summed E-state index contributed by atoms with van der Waals surface area (Å²) in [6, 6.07) is 0. The molecule has 5 nitrogen and oxygen atoms in total. The van der Waals surface area contributed by atoms with Crippen molar-refractivity contribution in [1.82, 2.24) is 9.36 Å². The summed E-state index contributed by atoms with van der Waals surface area (Å²) in [4.78, 5) is 14.8. The Morgan fingerprint density at radius 1 is 1.50 bits per heavy atom. The summed E-state index contributed by atoms with van der Waals surface area (Å²) in [5.74, 6) is -0.201. The Labute approximate surface area is 98.1 Å². The lowest BCUT2D eigenvalue weighted by molar-refractivity contribution is -0.143. The number of aliphatic carboxylic acids is 1. The van der Waals surface area contributed by atoms with E-state index >= 15 is 0 Å². The highest BCUT2D eigenvalue weighted by atomic mass is 32.1. The predicted molar refractivity (Wildman–Crippen MR) is 61.5 cm³/mol. The van der Waals surface area contributed by atoms with Gasteiger partial charge in [-0.25, -0.2) is 4.98 Å². The zero-order chi connectivity index (χ0) is 11.4. The van der Waals surface area contributed by atoms with Crippen molar-refractivity contribution in [1.29, 1.82) is 0 Å². The van der Waals surface area contributed by atoms with Crippen LogP contribution in [-0.2, 0) is 4.79 Å². The van der Waals surface area contributed by atoms with E-state index < -0.39 is 5.97 Å². The molecule has 1 fully saturated rings. The topological polar surface area (TPSA) is 75.1 Å². The summed E-state index contributed by atoms with van der Waals surface area (Å²) in [6.45, 7) is 0.877. The Morgan fingerprint density at radius 2 is 2.25 bits per heavy atom. The third-order valence-corrected chi connectivity index (χ3v) is 3.72.